The van der Waals surface area contributed by atoms with Crippen LogP contribution in [0.15, 0.2) is 42.5 Å². The maximum absolute atomic E-state index is 12.4. The largest absolute Gasteiger partial charge is 0.326 e. The lowest BCUT2D eigenvalue weighted by Crippen LogP contribution is -2.14. The summed E-state index contributed by atoms with van der Waals surface area (Å²) < 4.78 is 1.21. The van der Waals surface area contributed by atoms with Crippen molar-refractivity contribution in [3.63, 3.8) is 0 Å². The zero-order valence-corrected chi connectivity index (χ0v) is 15.8. The second-order valence-electron chi connectivity index (χ2n) is 6.67. The van der Waals surface area contributed by atoms with E-state index in [9.17, 15) is 4.79 Å². The quantitative estimate of drug-likeness (QED) is 0.619. The fraction of sp³-hybridized carbons (Fsp3) is 0.333. The van der Waals surface area contributed by atoms with Crippen LogP contribution in [0.4, 0.5) is 5.69 Å². The van der Waals surface area contributed by atoms with Gasteiger partial charge >= 0.3 is 0 Å². The molecule has 0 radical (unpaired) electrons. The summed E-state index contributed by atoms with van der Waals surface area (Å²) in [6, 6.07) is 14.4. The van der Waals surface area contributed by atoms with Crippen LogP contribution >= 0.6 is 11.3 Å². The van der Waals surface area contributed by atoms with Gasteiger partial charge in [0.1, 0.15) is 0 Å². The first-order valence-electron chi connectivity index (χ1n) is 8.78. The summed E-state index contributed by atoms with van der Waals surface area (Å²) in [6.07, 6.45) is 2.17. The maximum atomic E-state index is 12.4. The van der Waals surface area contributed by atoms with Crippen molar-refractivity contribution < 1.29 is 4.79 Å². The third-order valence-electron chi connectivity index (χ3n) is 4.32. The van der Waals surface area contributed by atoms with Crippen LogP contribution in [0.1, 0.15) is 48.7 Å². The van der Waals surface area contributed by atoms with Crippen molar-refractivity contribution in [2.24, 2.45) is 0 Å². The molecule has 2 aromatic carbocycles. The Morgan fingerprint density at radius 1 is 1.16 bits per heavy atom. The molecule has 1 heterocycles. The van der Waals surface area contributed by atoms with E-state index in [1.165, 1.54) is 10.3 Å². The number of fused-ring (bicyclic) bond motifs is 1. The molecule has 0 fully saturated rings. The Kier molecular flexibility index (Phi) is 5.49. The van der Waals surface area contributed by atoms with Crippen molar-refractivity contribution in [3.8, 4) is 0 Å². The number of hydrogen-bond donors (Lipinski definition) is 1. The molecular formula is C21H24N2OS. The standard InChI is InChI=1S/C21H24N2OS/c1-14(2)16-9-6-8-15(3)21(16)23-19(24)12-7-13-20-22-17-10-4-5-11-18(17)25-20/h4-6,8-11,14H,7,12-13H2,1-3H3,(H,23,24). The van der Waals surface area contributed by atoms with Gasteiger partial charge in [0.2, 0.25) is 5.91 Å². The van der Waals surface area contributed by atoms with E-state index < -0.39 is 0 Å². The topological polar surface area (TPSA) is 42.0 Å². The zero-order chi connectivity index (χ0) is 17.8. The molecule has 0 unspecified atom stereocenters. The molecule has 3 rings (SSSR count). The first kappa shape index (κ1) is 17.6. The first-order chi connectivity index (χ1) is 12.0. The normalized spacial score (nSPS) is 11.2. The number of aromatic nitrogens is 1. The fourth-order valence-electron chi connectivity index (χ4n) is 2.97. The molecule has 1 aromatic heterocycles. The van der Waals surface area contributed by atoms with E-state index >= 15 is 0 Å². The number of carbonyl (C=O) groups is 1. The Balaban J connectivity index is 1.58. The molecule has 130 valence electrons. The van der Waals surface area contributed by atoms with E-state index in [1.807, 2.05) is 37.3 Å². The summed E-state index contributed by atoms with van der Waals surface area (Å²) >= 11 is 1.72. The number of anilines is 1. The number of thiazole rings is 1. The number of hydrogen-bond acceptors (Lipinski definition) is 3. The highest BCUT2D eigenvalue weighted by atomic mass is 32.1. The van der Waals surface area contributed by atoms with Crippen molar-refractivity contribution in [1.82, 2.24) is 4.98 Å². The molecule has 3 nitrogen and oxygen atoms in total. The van der Waals surface area contributed by atoms with E-state index in [0.717, 1.165) is 34.6 Å². The Morgan fingerprint density at radius 2 is 1.96 bits per heavy atom. The number of benzene rings is 2. The van der Waals surface area contributed by atoms with E-state index in [4.69, 9.17) is 0 Å². The van der Waals surface area contributed by atoms with Gasteiger partial charge < -0.3 is 5.32 Å². The Hall–Kier alpha value is -2.20. The molecule has 25 heavy (non-hydrogen) atoms. The molecule has 0 aliphatic rings. The van der Waals surface area contributed by atoms with Crippen molar-refractivity contribution in [3.05, 3.63) is 58.6 Å². The van der Waals surface area contributed by atoms with Gasteiger partial charge in [-0.2, -0.15) is 0 Å². The molecule has 0 saturated carbocycles. The molecule has 4 heteroatoms. The lowest BCUT2D eigenvalue weighted by molar-refractivity contribution is -0.116. The monoisotopic (exact) mass is 352 g/mol. The number of amides is 1. The minimum absolute atomic E-state index is 0.0808. The molecule has 1 amide bonds. The Bertz CT molecular complexity index is 849. The smallest absolute Gasteiger partial charge is 0.224 e. The van der Waals surface area contributed by atoms with Gasteiger partial charge in [0.15, 0.2) is 0 Å². The van der Waals surface area contributed by atoms with Crippen molar-refractivity contribution in [2.45, 2.75) is 46.0 Å². The van der Waals surface area contributed by atoms with E-state index in [0.29, 0.717) is 12.3 Å². The van der Waals surface area contributed by atoms with Crippen molar-refractivity contribution in [1.29, 1.82) is 0 Å². The average Bonchev–Trinajstić information content (AvgIpc) is 2.99. The molecule has 0 aliphatic carbocycles. The van der Waals surface area contributed by atoms with Gasteiger partial charge in [-0.1, -0.05) is 44.2 Å². The molecule has 0 atom stereocenters. The lowest BCUT2D eigenvalue weighted by Gasteiger charge is -2.16. The third-order valence-corrected chi connectivity index (χ3v) is 5.42. The highest BCUT2D eigenvalue weighted by Crippen LogP contribution is 2.28. The number of para-hydroxylation sites is 2. The first-order valence-corrected chi connectivity index (χ1v) is 9.60. The molecule has 0 spiro atoms. The van der Waals surface area contributed by atoms with Crippen LogP contribution in [0, 0.1) is 6.92 Å². The van der Waals surface area contributed by atoms with Gasteiger partial charge in [-0.25, -0.2) is 4.98 Å². The molecular weight excluding hydrogens is 328 g/mol. The summed E-state index contributed by atoms with van der Waals surface area (Å²) in [5.41, 5.74) is 4.33. The van der Waals surface area contributed by atoms with Crippen LogP contribution in [0.5, 0.6) is 0 Å². The van der Waals surface area contributed by atoms with Crippen LogP contribution in [-0.2, 0) is 11.2 Å². The van der Waals surface area contributed by atoms with Gasteiger partial charge in [-0.15, -0.1) is 11.3 Å². The summed E-state index contributed by atoms with van der Waals surface area (Å²) in [5.74, 6) is 0.468. The van der Waals surface area contributed by atoms with Crippen molar-refractivity contribution >= 4 is 33.1 Å². The third kappa shape index (κ3) is 4.26. The van der Waals surface area contributed by atoms with Gasteiger partial charge in [-0.05, 0) is 48.9 Å². The number of nitrogens with one attached hydrogen (secondary N) is 1. The van der Waals surface area contributed by atoms with Gasteiger partial charge in [0.05, 0.1) is 15.2 Å². The fourth-order valence-corrected chi connectivity index (χ4v) is 3.98. The number of rotatable bonds is 6. The summed E-state index contributed by atoms with van der Waals surface area (Å²) in [7, 11) is 0. The van der Waals surface area contributed by atoms with E-state index in [1.54, 1.807) is 11.3 Å². The molecule has 0 bridgehead atoms. The lowest BCUT2D eigenvalue weighted by atomic mass is 9.98. The minimum atomic E-state index is 0.0808. The predicted octanol–water partition coefficient (Wildman–Crippen LogP) is 5.69. The second kappa shape index (κ2) is 7.79. The number of carbonyl (C=O) groups excluding carboxylic acids is 1. The van der Waals surface area contributed by atoms with Gasteiger partial charge in [0, 0.05) is 12.1 Å². The average molecular weight is 353 g/mol. The SMILES string of the molecule is Cc1cccc(C(C)C)c1NC(=O)CCCc1nc2ccccc2s1. The van der Waals surface area contributed by atoms with Crippen molar-refractivity contribution in [2.75, 3.05) is 5.32 Å². The predicted molar refractivity (Wildman–Crippen MR) is 106 cm³/mol. The molecule has 0 aliphatic heterocycles. The Morgan fingerprint density at radius 3 is 2.72 bits per heavy atom. The summed E-state index contributed by atoms with van der Waals surface area (Å²) in [4.78, 5) is 17.0. The highest BCUT2D eigenvalue weighted by Gasteiger charge is 2.12. The summed E-state index contributed by atoms with van der Waals surface area (Å²) in [5, 5.41) is 4.22. The van der Waals surface area contributed by atoms with E-state index in [2.05, 4.69) is 36.3 Å². The second-order valence-corrected chi connectivity index (χ2v) is 7.79. The van der Waals surface area contributed by atoms with Crippen LogP contribution in [0.3, 0.4) is 0 Å². The molecule has 0 saturated heterocycles. The molecule has 1 N–H and O–H groups in total. The van der Waals surface area contributed by atoms with Gasteiger partial charge in [-0.3, -0.25) is 4.79 Å². The van der Waals surface area contributed by atoms with E-state index in [-0.39, 0.29) is 5.91 Å². The number of nitrogens with zero attached hydrogens (tertiary/aromatic N) is 1. The minimum Gasteiger partial charge on any atom is -0.326 e. The van der Waals surface area contributed by atoms with Crippen LogP contribution in [0.2, 0.25) is 0 Å². The van der Waals surface area contributed by atoms with Crippen LogP contribution in [-0.4, -0.2) is 10.9 Å². The zero-order valence-electron chi connectivity index (χ0n) is 15.0. The van der Waals surface area contributed by atoms with Gasteiger partial charge in [0.25, 0.3) is 0 Å². The van der Waals surface area contributed by atoms with Crippen LogP contribution < -0.4 is 5.32 Å². The molecule has 3 aromatic rings. The maximum Gasteiger partial charge on any atom is 0.224 e. The number of aryl methyl sites for hydroxylation is 2. The summed E-state index contributed by atoms with van der Waals surface area (Å²) in [6.45, 7) is 6.34. The highest BCUT2D eigenvalue weighted by molar-refractivity contribution is 7.18. The Labute approximate surface area is 153 Å². The van der Waals surface area contributed by atoms with Crippen LogP contribution in [0.25, 0.3) is 10.2 Å².